The number of aryl methyl sites for hydroxylation is 2. The average Bonchev–Trinajstić information content (AvgIpc) is 3.72. The van der Waals surface area contributed by atoms with Gasteiger partial charge in [-0.25, -0.2) is 9.97 Å². The quantitative estimate of drug-likeness (QED) is 0.146. The topological polar surface area (TPSA) is 134 Å². The van der Waals surface area contributed by atoms with Crippen LogP contribution in [0.1, 0.15) is 62.3 Å². The van der Waals surface area contributed by atoms with Crippen molar-refractivity contribution in [2.24, 2.45) is 0 Å². The van der Waals surface area contributed by atoms with Gasteiger partial charge in [-0.05, 0) is 25.7 Å². The Labute approximate surface area is 290 Å². The van der Waals surface area contributed by atoms with Gasteiger partial charge in [-0.1, -0.05) is 73.4 Å². The lowest BCUT2D eigenvalue weighted by atomic mass is 9.98. The molecule has 4 aromatic rings. The number of hydrogen-bond donors (Lipinski definition) is 4. The number of halogens is 2. The molecule has 0 bridgehead atoms. The van der Waals surface area contributed by atoms with Gasteiger partial charge in [-0.2, -0.15) is 0 Å². The van der Waals surface area contributed by atoms with E-state index in [-0.39, 0.29) is 23.9 Å². The Morgan fingerprint density at radius 2 is 1.08 bits per heavy atom. The molecular formula is C36H40Cl2N8O2. The van der Waals surface area contributed by atoms with Crippen LogP contribution in [0.2, 0.25) is 10.0 Å². The molecule has 4 N–H and O–H groups in total. The monoisotopic (exact) mass is 686 g/mol. The number of nitrogens with zero attached hydrogens (tertiary/aromatic N) is 4. The number of amides is 2. The van der Waals surface area contributed by atoms with Crippen LogP contribution in [0.3, 0.4) is 0 Å². The second kappa shape index (κ2) is 15.5. The number of benzene rings is 2. The lowest BCUT2D eigenvalue weighted by Gasteiger charge is -2.16. The molecule has 12 heteroatoms. The summed E-state index contributed by atoms with van der Waals surface area (Å²) in [4.78, 5) is 42.4. The second-order valence-corrected chi connectivity index (χ2v) is 13.0. The number of hydrogen-bond acceptors (Lipinski definition) is 8. The highest BCUT2D eigenvalue weighted by Gasteiger charge is 2.22. The van der Waals surface area contributed by atoms with Gasteiger partial charge in [0.25, 0.3) is 0 Å². The van der Waals surface area contributed by atoms with Gasteiger partial charge in [0.15, 0.2) is 0 Å². The van der Waals surface area contributed by atoms with E-state index in [4.69, 9.17) is 43.1 Å². The molecule has 6 rings (SSSR count). The van der Waals surface area contributed by atoms with Gasteiger partial charge < -0.3 is 21.3 Å². The minimum absolute atomic E-state index is 0.110. The van der Waals surface area contributed by atoms with E-state index in [9.17, 15) is 9.59 Å². The molecule has 2 atom stereocenters. The van der Waals surface area contributed by atoms with Crippen molar-refractivity contribution in [3.05, 3.63) is 81.6 Å². The summed E-state index contributed by atoms with van der Waals surface area (Å²) in [6.45, 7) is 6.65. The molecular weight excluding hydrogens is 647 g/mol. The molecule has 0 spiro atoms. The van der Waals surface area contributed by atoms with Crippen LogP contribution >= 0.6 is 23.2 Å². The first-order valence-corrected chi connectivity index (χ1v) is 17.4. The first-order chi connectivity index (χ1) is 23.3. The van der Waals surface area contributed by atoms with Crippen molar-refractivity contribution >= 4 is 35.0 Å². The van der Waals surface area contributed by atoms with Crippen LogP contribution in [0.4, 0.5) is 0 Å². The molecule has 2 aromatic heterocycles. The Kier molecular flexibility index (Phi) is 11.0. The van der Waals surface area contributed by atoms with Crippen LogP contribution < -0.4 is 21.3 Å². The summed E-state index contributed by atoms with van der Waals surface area (Å²) in [5, 5.41) is 13.9. The molecule has 2 saturated heterocycles. The number of rotatable bonds is 13. The van der Waals surface area contributed by atoms with Gasteiger partial charge in [-0.15, -0.1) is 0 Å². The lowest BCUT2D eigenvalue weighted by molar-refractivity contribution is -0.120. The average molecular weight is 688 g/mol. The third kappa shape index (κ3) is 7.68. The van der Waals surface area contributed by atoms with E-state index in [1.54, 1.807) is 12.4 Å². The predicted octanol–water partition coefficient (Wildman–Crippen LogP) is 5.44. The summed E-state index contributed by atoms with van der Waals surface area (Å²) in [6.07, 6.45) is 7.83. The van der Waals surface area contributed by atoms with Gasteiger partial charge in [0.05, 0.1) is 56.6 Å². The molecule has 250 valence electrons. The summed E-state index contributed by atoms with van der Waals surface area (Å²) >= 11 is 14.2. The van der Waals surface area contributed by atoms with Crippen molar-refractivity contribution < 1.29 is 9.59 Å². The van der Waals surface area contributed by atoms with Crippen LogP contribution in [0, 0.1) is 0 Å². The van der Waals surface area contributed by atoms with Crippen molar-refractivity contribution in [1.29, 1.82) is 0 Å². The van der Waals surface area contributed by atoms with Gasteiger partial charge in [0.2, 0.25) is 11.8 Å². The van der Waals surface area contributed by atoms with E-state index >= 15 is 0 Å². The molecule has 4 heterocycles. The maximum Gasteiger partial charge on any atom is 0.220 e. The SMILES string of the molecule is CCc1nc(-c2cccc(-c3cccc(-c4cnc(CNC[C@@H]5CCC(=O)N5)c(CC)n4)c3Cl)c2Cl)cnc1CNCC1CCC(=O)N1. The zero-order valence-corrected chi connectivity index (χ0v) is 28.7. The van der Waals surface area contributed by atoms with Crippen molar-refractivity contribution in [3.8, 4) is 33.6 Å². The maximum absolute atomic E-state index is 11.5. The molecule has 2 fully saturated rings. The molecule has 0 aliphatic carbocycles. The fraction of sp³-hybridized carbons (Fsp3) is 0.389. The Morgan fingerprint density at radius 3 is 1.46 bits per heavy atom. The van der Waals surface area contributed by atoms with E-state index in [1.807, 2.05) is 36.4 Å². The molecule has 0 radical (unpaired) electrons. The van der Waals surface area contributed by atoms with Gasteiger partial charge in [0, 0.05) is 73.4 Å². The predicted molar refractivity (Wildman–Crippen MR) is 188 cm³/mol. The highest BCUT2D eigenvalue weighted by atomic mass is 35.5. The molecule has 2 aliphatic heterocycles. The van der Waals surface area contributed by atoms with Crippen molar-refractivity contribution in [2.75, 3.05) is 13.1 Å². The van der Waals surface area contributed by atoms with Crippen LogP contribution in [-0.4, -0.2) is 56.9 Å². The highest BCUT2D eigenvalue weighted by Crippen LogP contribution is 2.41. The van der Waals surface area contributed by atoms with Crippen LogP contribution in [0.25, 0.3) is 33.6 Å². The largest absolute Gasteiger partial charge is 0.352 e. The summed E-state index contributed by atoms with van der Waals surface area (Å²) in [6, 6.07) is 12.0. The van der Waals surface area contributed by atoms with Crippen LogP contribution in [0.5, 0.6) is 0 Å². The van der Waals surface area contributed by atoms with Gasteiger partial charge in [0.1, 0.15) is 0 Å². The normalized spacial score (nSPS) is 17.5. The minimum atomic E-state index is 0.110. The number of carbonyl (C=O) groups is 2. The van der Waals surface area contributed by atoms with Crippen LogP contribution in [0.15, 0.2) is 48.8 Å². The maximum atomic E-state index is 11.5. The molecule has 2 amide bonds. The fourth-order valence-corrected chi connectivity index (χ4v) is 6.94. The fourth-order valence-electron chi connectivity index (χ4n) is 6.29. The molecule has 48 heavy (non-hydrogen) atoms. The third-order valence-corrected chi connectivity index (χ3v) is 9.72. The number of nitrogens with one attached hydrogen (secondary N) is 4. The highest BCUT2D eigenvalue weighted by molar-refractivity contribution is 6.39. The Morgan fingerprint density at radius 1 is 0.667 bits per heavy atom. The third-order valence-electron chi connectivity index (χ3n) is 8.91. The second-order valence-electron chi connectivity index (χ2n) is 12.2. The van der Waals surface area contributed by atoms with E-state index < -0.39 is 0 Å². The summed E-state index contributed by atoms with van der Waals surface area (Å²) in [5.41, 5.74) is 8.04. The summed E-state index contributed by atoms with van der Waals surface area (Å²) in [5.74, 6) is 0.219. The molecule has 1 unspecified atom stereocenters. The Hall–Kier alpha value is -3.96. The zero-order chi connectivity index (χ0) is 33.6. The van der Waals surface area contributed by atoms with Crippen molar-refractivity contribution in [3.63, 3.8) is 0 Å². The molecule has 2 aliphatic rings. The summed E-state index contributed by atoms with van der Waals surface area (Å²) in [7, 11) is 0. The van der Waals surface area contributed by atoms with E-state index in [0.717, 1.165) is 70.7 Å². The minimum Gasteiger partial charge on any atom is -0.352 e. The van der Waals surface area contributed by atoms with Gasteiger partial charge in [-0.3, -0.25) is 19.6 Å². The number of aromatic nitrogens is 4. The molecule has 2 aromatic carbocycles. The van der Waals surface area contributed by atoms with E-state index in [0.29, 0.717) is 60.5 Å². The van der Waals surface area contributed by atoms with Crippen molar-refractivity contribution in [1.82, 2.24) is 41.2 Å². The van der Waals surface area contributed by atoms with E-state index in [2.05, 4.69) is 35.1 Å². The van der Waals surface area contributed by atoms with Crippen molar-refractivity contribution in [2.45, 2.75) is 77.5 Å². The first kappa shape index (κ1) is 33.9. The lowest BCUT2D eigenvalue weighted by Crippen LogP contribution is -2.35. The number of carbonyl (C=O) groups excluding carboxylic acids is 2. The standard InChI is InChI=1S/C36H40Cl2N8O2/c1-3-27-31(17-39-15-21-11-13-33(47)43-21)41-19-29(45-27)25-9-5-7-23(35(25)37)24-8-6-10-26(36(24)38)30-20-42-32(28(4-2)46-30)18-40-16-22-12-14-34(48)44-22/h5-10,19-22,39-40H,3-4,11-18H2,1-2H3,(H,43,47)(H,44,48)/t21-,22?/m0/s1. The Bertz CT molecular complexity index is 1690. The van der Waals surface area contributed by atoms with E-state index in [1.165, 1.54) is 0 Å². The smallest absolute Gasteiger partial charge is 0.220 e. The van der Waals surface area contributed by atoms with Crippen LogP contribution in [-0.2, 0) is 35.5 Å². The summed E-state index contributed by atoms with van der Waals surface area (Å²) < 4.78 is 0. The molecule has 0 saturated carbocycles. The Balaban J connectivity index is 1.20. The zero-order valence-electron chi connectivity index (χ0n) is 27.2. The first-order valence-electron chi connectivity index (χ1n) is 16.6. The molecule has 10 nitrogen and oxygen atoms in total. The van der Waals surface area contributed by atoms with Gasteiger partial charge >= 0.3 is 0 Å².